The molecule has 0 spiro atoms. The van der Waals surface area contributed by atoms with Gasteiger partial charge in [0.05, 0.1) is 11.8 Å². The average Bonchev–Trinajstić information content (AvgIpc) is 3.36. The second kappa shape index (κ2) is 9.90. The summed E-state index contributed by atoms with van der Waals surface area (Å²) in [5.41, 5.74) is 1.96. The lowest BCUT2D eigenvalue weighted by Gasteiger charge is -2.39. The molecule has 4 rings (SSSR count). The van der Waals surface area contributed by atoms with Crippen molar-refractivity contribution in [3.8, 4) is 0 Å². The van der Waals surface area contributed by atoms with Gasteiger partial charge in [0.1, 0.15) is 11.3 Å². The second-order valence-corrected chi connectivity index (χ2v) is 9.01. The summed E-state index contributed by atoms with van der Waals surface area (Å²) in [4.78, 5) is 27.7. The standard InChI is InChI=1S/C24H35N5O3/c1-4-22-26-28(24(31)20-16-21-19(29(20)22)11-15-32-21)14-6-10-23(30)25-12-7-13-27-17(2)8-5-9-18(27)3/h11,15-18H,4-10,12-14H2,1-3H3,(H,25,30)/t17-,18-/m0/s1. The second-order valence-electron chi connectivity index (χ2n) is 9.01. The minimum Gasteiger partial charge on any atom is -0.463 e. The van der Waals surface area contributed by atoms with Crippen LogP contribution in [0, 0.1) is 0 Å². The zero-order valence-corrected chi connectivity index (χ0v) is 19.5. The third-order valence-electron chi connectivity index (χ3n) is 6.75. The highest BCUT2D eigenvalue weighted by Crippen LogP contribution is 2.22. The summed E-state index contributed by atoms with van der Waals surface area (Å²) in [6.07, 6.45) is 8.10. The van der Waals surface area contributed by atoms with E-state index in [2.05, 4.69) is 29.2 Å². The first-order valence-corrected chi connectivity index (χ1v) is 12.0. The Kier molecular flexibility index (Phi) is 6.98. The van der Waals surface area contributed by atoms with Gasteiger partial charge in [-0.2, -0.15) is 5.10 Å². The van der Waals surface area contributed by atoms with Gasteiger partial charge < -0.3 is 9.73 Å². The molecule has 3 aromatic heterocycles. The number of carbonyl (C=O) groups is 1. The lowest BCUT2D eigenvalue weighted by molar-refractivity contribution is -0.121. The highest BCUT2D eigenvalue weighted by atomic mass is 16.3. The molecule has 1 fully saturated rings. The molecule has 1 aliphatic rings. The van der Waals surface area contributed by atoms with Gasteiger partial charge in [-0.05, 0) is 39.5 Å². The van der Waals surface area contributed by atoms with Crippen LogP contribution in [0.15, 0.2) is 27.6 Å². The monoisotopic (exact) mass is 441 g/mol. The number of nitrogens with zero attached hydrogens (tertiary/aromatic N) is 4. The summed E-state index contributed by atoms with van der Waals surface area (Å²) in [7, 11) is 0. The zero-order valence-electron chi connectivity index (χ0n) is 19.5. The number of aryl methyl sites for hydroxylation is 2. The SMILES string of the molecule is CCc1nn(CCCC(=O)NCCCN2[C@@H](C)CCC[C@@H]2C)c(=O)c2cc3occc3n12. The molecule has 1 amide bonds. The molecule has 0 radical (unpaired) electrons. The first-order chi connectivity index (χ1) is 15.5. The van der Waals surface area contributed by atoms with Gasteiger partial charge in [-0.3, -0.25) is 18.9 Å². The van der Waals surface area contributed by atoms with E-state index in [1.807, 2.05) is 17.4 Å². The van der Waals surface area contributed by atoms with Crippen molar-refractivity contribution in [3.63, 3.8) is 0 Å². The molecular formula is C24H35N5O3. The number of furan rings is 1. The van der Waals surface area contributed by atoms with Crippen molar-refractivity contribution in [2.45, 2.75) is 84.3 Å². The van der Waals surface area contributed by atoms with Gasteiger partial charge in [-0.25, -0.2) is 4.68 Å². The van der Waals surface area contributed by atoms with Crippen LogP contribution in [0.25, 0.3) is 16.6 Å². The van der Waals surface area contributed by atoms with Crippen LogP contribution in [0.2, 0.25) is 0 Å². The summed E-state index contributed by atoms with van der Waals surface area (Å²) in [6.45, 7) is 8.77. The first kappa shape index (κ1) is 22.6. The predicted octanol–water partition coefficient (Wildman–Crippen LogP) is 3.35. The third-order valence-corrected chi connectivity index (χ3v) is 6.75. The molecule has 0 aliphatic carbocycles. The van der Waals surface area contributed by atoms with E-state index in [1.54, 1.807) is 12.3 Å². The normalized spacial score (nSPS) is 19.7. The van der Waals surface area contributed by atoms with E-state index < -0.39 is 0 Å². The number of nitrogens with one attached hydrogen (secondary N) is 1. The van der Waals surface area contributed by atoms with Gasteiger partial charge in [-0.15, -0.1) is 0 Å². The first-order valence-electron chi connectivity index (χ1n) is 12.0. The number of hydrogen-bond acceptors (Lipinski definition) is 5. The molecule has 0 bridgehead atoms. The summed E-state index contributed by atoms with van der Waals surface area (Å²) in [5.74, 6) is 0.844. The maximum atomic E-state index is 12.9. The Morgan fingerprint density at radius 3 is 2.72 bits per heavy atom. The molecule has 1 saturated heterocycles. The van der Waals surface area contributed by atoms with Crippen LogP contribution in [0.4, 0.5) is 0 Å². The molecule has 3 aromatic rings. The number of aromatic nitrogens is 3. The quantitative estimate of drug-likeness (QED) is 0.515. The highest BCUT2D eigenvalue weighted by Gasteiger charge is 2.23. The van der Waals surface area contributed by atoms with Crippen LogP contribution in [0.5, 0.6) is 0 Å². The topological polar surface area (TPSA) is 84.8 Å². The van der Waals surface area contributed by atoms with E-state index in [0.717, 1.165) is 24.3 Å². The van der Waals surface area contributed by atoms with Gasteiger partial charge in [-0.1, -0.05) is 13.3 Å². The van der Waals surface area contributed by atoms with Gasteiger partial charge in [0.25, 0.3) is 5.56 Å². The Morgan fingerprint density at radius 2 is 1.97 bits per heavy atom. The number of rotatable bonds is 9. The van der Waals surface area contributed by atoms with Crippen LogP contribution in [-0.2, 0) is 17.8 Å². The Morgan fingerprint density at radius 1 is 1.19 bits per heavy atom. The fraction of sp³-hybridized carbons (Fsp3) is 0.625. The zero-order chi connectivity index (χ0) is 22.7. The molecule has 0 unspecified atom stereocenters. The summed E-state index contributed by atoms with van der Waals surface area (Å²) in [6, 6.07) is 4.89. The third kappa shape index (κ3) is 4.60. The molecular weight excluding hydrogens is 406 g/mol. The van der Waals surface area contributed by atoms with Crippen molar-refractivity contribution in [2.24, 2.45) is 0 Å². The van der Waals surface area contributed by atoms with Gasteiger partial charge >= 0.3 is 0 Å². The van der Waals surface area contributed by atoms with Crippen molar-refractivity contribution in [2.75, 3.05) is 13.1 Å². The summed E-state index contributed by atoms with van der Waals surface area (Å²) in [5, 5.41) is 7.58. The van der Waals surface area contributed by atoms with Gasteiger partial charge in [0.15, 0.2) is 5.58 Å². The van der Waals surface area contributed by atoms with Gasteiger partial charge in [0.2, 0.25) is 5.91 Å². The largest absolute Gasteiger partial charge is 0.463 e. The molecule has 4 heterocycles. The Labute approximate surface area is 188 Å². The summed E-state index contributed by atoms with van der Waals surface area (Å²) >= 11 is 0. The molecule has 8 nitrogen and oxygen atoms in total. The molecule has 1 aliphatic heterocycles. The molecule has 1 N–H and O–H groups in total. The number of hydrogen-bond donors (Lipinski definition) is 1. The maximum Gasteiger partial charge on any atom is 0.291 e. The van der Waals surface area contributed by atoms with Crippen molar-refractivity contribution in [1.82, 2.24) is 24.4 Å². The van der Waals surface area contributed by atoms with Crippen molar-refractivity contribution < 1.29 is 9.21 Å². The minimum absolute atomic E-state index is 0.0368. The van der Waals surface area contributed by atoms with Crippen molar-refractivity contribution in [3.05, 3.63) is 34.6 Å². The van der Waals surface area contributed by atoms with Crippen LogP contribution in [-0.4, -0.2) is 50.2 Å². The number of carbonyl (C=O) groups excluding carboxylic acids is 1. The molecule has 174 valence electrons. The number of amides is 1. The van der Waals surface area contributed by atoms with Crippen LogP contribution in [0.3, 0.4) is 0 Å². The average molecular weight is 442 g/mol. The smallest absolute Gasteiger partial charge is 0.291 e. The van der Waals surface area contributed by atoms with Crippen molar-refractivity contribution >= 4 is 22.5 Å². The number of piperidine rings is 1. The Balaban J connectivity index is 1.27. The maximum absolute atomic E-state index is 12.9. The molecule has 0 aromatic carbocycles. The lowest BCUT2D eigenvalue weighted by atomic mass is 9.97. The Hall–Kier alpha value is -2.61. The fourth-order valence-corrected chi connectivity index (χ4v) is 4.99. The Bertz CT molecular complexity index is 1120. The molecule has 2 atom stereocenters. The van der Waals surface area contributed by atoms with E-state index in [0.29, 0.717) is 55.5 Å². The highest BCUT2D eigenvalue weighted by molar-refractivity contribution is 5.82. The lowest BCUT2D eigenvalue weighted by Crippen LogP contribution is -2.44. The molecule has 8 heteroatoms. The van der Waals surface area contributed by atoms with E-state index in [9.17, 15) is 9.59 Å². The summed E-state index contributed by atoms with van der Waals surface area (Å²) < 4.78 is 8.81. The van der Waals surface area contributed by atoms with Gasteiger partial charge in [0, 0.05) is 56.7 Å². The predicted molar refractivity (Wildman–Crippen MR) is 125 cm³/mol. The number of likely N-dealkylation sites (tertiary alicyclic amines) is 1. The van der Waals surface area contributed by atoms with E-state index in [4.69, 9.17) is 4.42 Å². The van der Waals surface area contributed by atoms with Crippen LogP contribution >= 0.6 is 0 Å². The minimum atomic E-state index is -0.154. The van der Waals surface area contributed by atoms with Crippen LogP contribution < -0.4 is 10.9 Å². The number of fused-ring (bicyclic) bond motifs is 3. The van der Waals surface area contributed by atoms with Crippen molar-refractivity contribution in [1.29, 1.82) is 0 Å². The molecule has 0 saturated carbocycles. The molecule has 32 heavy (non-hydrogen) atoms. The fourth-order valence-electron chi connectivity index (χ4n) is 4.99. The van der Waals surface area contributed by atoms with Crippen LogP contribution in [0.1, 0.15) is 65.1 Å². The van der Waals surface area contributed by atoms with E-state index >= 15 is 0 Å². The van der Waals surface area contributed by atoms with E-state index in [-0.39, 0.29) is 11.5 Å². The van der Waals surface area contributed by atoms with E-state index in [1.165, 1.54) is 23.9 Å².